The van der Waals surface area contributed by atoms with Crippen molar-refractivity contribution in [3.05, 3.63) is 30.1 Å². The average molecular weight is 289 g/mol. The maximum atomic E-state index is 12.0. The van der Waals surface area contributed by atoms with Crippen LogP contribution in [0.4, 0.5) is 0 Å². The molecule has 0 bridgehead atoms. The van der Waals surface area contributed by atoms with Crippen molar-refractivity contribution in [3.8, 4) is 0 Å². The van der Waals surface area contributed by atoms with E-state index in [0.717, 1.165) is 32.4 Å². The number of nitrogens with one attached hydrogen (secondary N) is 1. The van der Waals surface area contributed by atoms with Gasteiger partial charge in [-0.3, -0.25) is 9.78 Å². The molecule has 0 aromatic carbocycles. The number of carbonyl (C=O) groups is 1. The van der Waals surface area contributed by atoms with Gasteiger partial charge in [-0.2, -0.15) is 0 Å². The Bertz CT molecular complexity index is 490. The summed E-state index contributed by atoms with van der Waals surface area (Å²) in [4.78, 5) is 18.3. The first-order chi connectivity index (χ1) is 10.2. The summed E-state index contributed by atoms with van der Waals surface area (Å²) in [6.07, 6.45) is 7.85. The first-order valence-electron chi connectivity index (χ1n) is 7.71. The lowest BCUT2D eigenvalue weighted by atomic mass is 9.90. The van der Waals surface area contributed by atoms with E-state index in [1.165, 1.54) is 6.42 Å². The van der Waals surface area contributed by atoms with Crippen LogP contribution in [0.1, 0.15) is 36.0 Å². The van der Waals surface area contributed by atoms with Gasteiger partial charge in [0.1, 0.15) is 0 Å². The summed E-state index contributed by atoms with van der Waals surface area (Å²) >= 11 is 0. The number of carbonyl (C=O) groups excluding carboxylic acids is 1. The fraction of sp³-hybridized carbons (Fsp3) is 0.625. The van der Waals surface area contributed by atoms with Crippen LogP contribution in [0.25, 0.3) is 0 Å². The molecule has 1 amide bonds. The van der Waals surface area contributed by atoms with Gasteiger partial charge in [-0.25, -0.2) is 0 Å². The summed E-state index contributed by atoms with van der Waals surface area (Å²) in [5.74, 6) is -0.0742. The number of aromatic nitrogens is 1. The predicted octanol–water partition coefficient (Wildman–Crippen LogP) is 1.45. The van der Waals surface area contributed by atoms with E-state index in [1.807, 2.05) is 0 Å². The largest absolute Gasteiger partial charge is 0.369 e. The van der Waals surface area contributed by atoms with E-state index >= 15 is 0 Å². The minimum Gasteiger partial charge on any atom is -0.369 e. The van der Waals surface area contributed by atoms with E-state index < -0.39 is 0 Å². The molecule has 2 aliphatic rings. The van der Waals surface area contributed by atoms with Gasteiger partial charge >= 0.3 is 0 Å². The van der Waals surface area contributed by atoms with Crippen molar-refractivity contribution in [3.63, 3.8) is 0 Å². The number of pyridine rings is 1. The van der Waals surface area contributed by atoms with E-state index in [-0.39, 0.29) is 17.6 Å². The molecule has 5 heteroatoms. The van der Waals surface area contributed by atoms with Crippen molar-refractivity contribution in [2.45, 2.75) is 37.4 Å². The minimum absolute atomic E-state index is 0.0245. The molecule has 0 radical (unpaired) electrons. The smallest absolute Gasteiger partial charge is 0.252 e. The van der Waals surface area contributed by atoms with Gasteiger partial charge in [0, 0.05) is 32.0 Å². The molecule has 0 aliphatic carbocycles. The van der Waals surface area contributed by atoms with Crippen molar-refractivity contribution >= 4 is 5.91 Å². The first kappa shape index (κ1) is 14.5. The summed E-state index contributed by atoms with van der Waals surface area (Å²) in [5.41, 5.74) is 0.625. The van der Waals surface area contributed by atoms with Crippen LogP contribution in [-0.4, -0.2) is 54.2 Å². The fourth-order valence-electron chi connectivity index (χ4n) is 3.42. The second-order valence-corrected chi connectivity index (χ2v) is 6.25. The highest BCUT2D eigenvalue weighted by Gasteiger charge is 2.41. The summed E-state index contributed by atoms with van der Waals surface area (Å²) in [6, 6.07) is 3.55. The molecule has 2 fully saturated rings. The number of likely N-dealkylation sites (tertiary alicyclic amines) is 1. The molecule has 1 aromatic heterocycles. The summed E-state index contributed by atoms with van der Waals surface area (Å²) in [6.45, 7) is 2.70. The lowest BCUT2D eigenvalue weighted by Crippen LogP contribution is -2.46. The highest BCUT2D eigenvalue weighted by molar-refractivity contribution is 5.93. The molecule has 2 aliphatic heterocycles. The van der Waals surface area contributed by atoms with Crippen LogP contribution in [-0.2, 0) is 4.74 Å². The molecule has 1 N–H and O–H groups in total. The number of hydrogen-bond donors (Lipinski definition) is 1. The van der Waals surface area contributed by atoms with Crippen molar-refractivity contribution in [2.24, 2.45) is 0 Å². The number of rotatable bonds is 3. The second-order valence-electron chi connectivity index (χ2n) is 6.25. The number of ether oxygens (including phenoxy) is 1. The molecule has 114 valence electrons. The molecule has 1 aromatic rings. The van der Waals surface area contributed by atoms with Gasteiger partial charge < -0.3 is 15.0 Å². The van der Waals surface area contributed by atoms with Crippen molar-refractivity contribution in [1.82, 2.24) is 15.2 Å². The Morgan fingerprint density at radius 1 is 1.57 bits per heavy atom. The minimum atomic E-state index is -0.0742. The molecule has 3 rings (SSSR count). The molecule has 2 atom stereocenters. The van der Waals surface area contributed by atoms with Crippen molar-refractivity contribution < 1.29 is 9.53 Å². The Hall–Kier alpha value is -1.46. The van der Waals surface area contributed by atoms with Gasteiger partial charge in [0.05, 0.1) is 17.3 Å². The molecule has 21 heavy (non-hydrogen) atoms. The van der Waals surface area contributed by atoms with Gasteiger partial charge in [0.2, 0.25) is 0 Å². The third-order valence-electron chi connectivity index (χ3n) is 4.50. The van der Waals surface area contributed by atoms with Crippen LogP contribution in [0.5, 0.6) is 0 Å². The standard InChI is InChI=1S/C16H23N3O2/c1-19-9-7-16(12-19)6-2-5-14(21-16)11-18-15(20)13-4-3-8-17-10-13/h3-4,8,10,14H,2,5-7,9,11-12H2,1H3,(H,18,20)/t14-,16+/m0/s1. The highest BCUT2D eigenvalue weighted by atomic mass is 16.5. The van der Waals surface area contributed by atoms with Crippen LogP contribution < -0.4 is 5.32 Å². The lowest BCUT2D eigenvalue weighted by molar-refractivity contribution is -0.117. The summed E-state index contributed by atoms with van der Waals surface area (Å²) in [5, 5.41) is 2.97. The zero-order chi connectivity index (χ0) is 14.7. The zero-order valence-corrected chi connectivity index (χ0v) is 12.5. The van der Waals surface area contributed by atoms with Crippen LogP contribution in [0.2, 0.25) is 0 Å². The van der Waals surface area contributed by atoms with Crippen LogP contribution in [0.15, 0.2) is 24.5 Å². The fourth-order valence-corrected chi connectivity index (χ4v) is 3.42. The molecule has 5 nitrogen and oxygen atoms in total. The number of nitrogens with zero attached hydrogens (tertiary/aromatic N) is 2. The lowest BCUT2D eigenvalue weighted by Gasteiger charge is -2.38. The maximum Gasteiger partial charge on any atom is 0.252 e. The van der Waals surface area contributed by atoms with E-state index in [2.05, 4.69) is 22.2 Å². The van der Waals surface area contributed by atoms with Crippen LogP contribution in [0, 0.1) is 0 Å². The quantitative estimate of drug-likeness (QED) is 0.915. The van der Waals surface area contributed by atoms with Gasteiger partial charge in [-0.1, -0.05) is 0 Å². The predicted molar refractivity (Wildman–Crippen MR) is 80.1 cm³/mol. The Labute approximate surface area is 125 Å². The molecule has 0 unspecified atom stereocenters. The van der Waals surface area contributed by atoms with E-state index in [9.17, 15) is 4.79 Å². The molecular formula is C16H23N3O2. The van der Waals surface area contributed by atoms with E-state index in [1.54, 1.807) is 24.5 Å². The van der Waals surface area contributed by atoms with Gasteiger partial charge in [0.25, 0.3) is 5.91 Å². The third kappa shape index (κ3) is 3.41. The average Bonchev–Trinajstić information content (AvgIpc) is 2.86. The summed E-state index contributed by atoms with van der Waals surface area (Å²) in [7, 11) is 2.14. The van der Waals surface area contributed by atoms with Gasteiger partial charge in [-0.15, -0.1) is 0 Å². The Balaban J connectivity index is 1.52. The monoisotopic (exact) mass is 289 g/mol. The first-order valence-corrected chi connectivity index (χ1v) is 7.71. The Morgan fingerprint density at radius 3 is 3.19 bits per heavy atom. The maximum absolute atomic E-state index is 12.0. The van der Waals surface area contributed by atoms with Crippen LogP contribution >= 0.6 is 0 Å². The topological polar surface area (TPSA) is 54.5 Å². The normalized spacial score (nSPS) is 29.7. The van der Waals surface area contributed by atoms with Crippen molar-refractivity contribution in [1.29, 1.82) is 0 Å². The van der Waals surface area contributed by atoms with Gasteiger partial charge in [-0.05, 0) is 44.9 Å². The Morgan fingerprint density at radius 2 is 2.48 bits per heavy atom. The van der Waals surface area contributed by atoms with Gasteiger partial charge in [0.15, 0.2) is 0 Å². The number of hydrogen-bond acceptors (Lipinski definition) is 4. The van der Waals surface area contributed by atoms with E-state index in [4.69, 9.17) is 4.74 Å². The molecular weight excluding hydrogens is 266 g/mol. The Kier molecular flexibility index (Phi) is 4.22. The second kappa shape index (κ2) is 6.12. The van der Waals surface area contributed by atoms with Crippen molar-refractivity contribution in [2.75, 3.05) is 26.7 Å². The summed E-state index contributed by atoms with van der Waals surface area (Å²) < 4.78 is 6.32. The number of likely N-dealkylation sites (N-methyl/N-ethyl adjacent to an activating group) is 1. The third-order valence-corrected chi connectivity index (χ3v) is 4.50. The highest BCUT2D eigenvalue weighted by Crippen LogP contribution is 2.35. The molecule has 2 saturated heterocycles. The number of amides is 1. The molecule has 3 heterocycles. The SMILES string of the molecule is CN1CC[C@]2(CCC[C@@H](CNC(=O)c3cccnc3)O2)C1. The molecule has 0 saturated carbocycles. The molecule has 1 spiro atoms. The van der Waals surface area contributed by atoms with E-state index in [0.29, 0.717) is 12.1 Å². The van der Waals surface area contributed by atoms with Crippen LogP contribution in [0.3, 0.4) is 0 Å². The zero-order valence-electron chi connectivity index (χ0n) is 12.5.